The molecule has 1 fully saturated rings. The summed E-state index contributed by atoms with van der Waals surface area (Å²) in [6, 6.07) is 3.23. The quantitative estimate of drug-likeness (QED) is 0.870. The number of carbonyl (C=O) groups is 2. The Kier molecular flexibility index (Phi) is 4.69. The zero-order valence-corrected chi connectivity index (χ0v) is 14.6. The highest BCUT2D eigenvalue weighted by molar-refractivity contribution is 6.34. The molecule has 1 amide bonds. The van der Waals surface area contributed by atoms with E-state index >= 15 is 0 Å². The molecule has 6 nitrogen and oxygen atoms in total. The van der Waals surface area contributed by atoms with Crippen LogP contribution in [0.2, 0.25) is 5.02 Å². The van der Waals surface area contributed by atoms with Crippen molar-refractivity contribution in [3.63, 3.8) is 0 Å². The first-order chi connectivity index (χ1) is 11.4. The van der Waals surface area contributed by atoms with Crippen molar-refractivity contribution >= 4 is 29.2 Å². The molecular weight excluding hydrogens is 330 g/mol. The van der Waals surface area contributed by atoms with Crippen LogP contribution in [0.3, 0.4) is 0 Å². The Morgan fingerprint density at radius 3 is 2.50 bits per heavy atom. The number of hydrogen-bond donors (Lipinski definition) is 2. The van der Waals surface area contributed by atoms with Gasteiger partial charge in [0.05, 0.1) is 10.6 Å². The van der Waals surface area contributed by atoms with E-state index < -0.39 is 12.0 Å². The molecule has 130 valence electrons. The van der Waals surface area contributed by atoms with Crippen LogP contribution in [0.1, 0.15) is 29.8 Å². The summed E-state index contributed by atoms with van der Waals surface area (Å²) in [5.41, 5.74) is 1.99. The molecule has 0 bridgehead atoms. The van der Waals surface area contributed by atoms with Crippen LogP contribution < -0.4 is 5.32 Å². The number of benzene rings is 1. The Morgan fingerprint density at radius 1 is 1.25 bits per heavy atom. The lowest BCUT2D eigenvalue weighted by Gasteiger charge is -2.37. The van der Waals surface area contributed by atoms with E-state index in [0.717, 1.165) is 18.7 Å². The van der Waals surface area contributed by atoms with Crippen LogP contribution in [-0.2, 0) is 11.2 Å². The summed E-state index contributed by atoms with van der Waals surface area (Å²) in [6.07, 6.45) is 0.364. The van der Waals surface area contributed by atoms with Crippen molar-refractivity contribution in [2.45, 2.75) is 32.4 Å². The van der Waals surface area contributed by atoms with Gasteiger partial charge in [-0.25, -0.2) is 4.79 Å². The number of nitrogens with zero attached hydrogens (tertiary/aromatic N) is 2. The average Bonchev–Trinajstić information content (AvgIpc) is 2.96. The molecule has 7 heteroatoms. The summed E-state index contributed by atoms with van der Waals surface area (Å²) >= 11 is 6.28. The van der Waals surface area contributed by atoms with Crippen LogP contribution in [0.25, 0.3) is 0 Å². The molecule has 2 aliphatic rings. The predicted octanol–water partition coefficient (Wildman–Crippen LogP) is 1.93. The highest BCUT2D eigenvalue weighted by Gasteiger charge is 2.30. The monoisotopic (exact) mass is 351 g/mol. The molecule has 1 aromatic rings. The maximum atomic E-state index is 12.8. The van der Waals surface area contributed by atoms with Crippen molar-refractivity contribution in [1.29, 1.82) is 0 Å². The second kappa shape index (κ2) is 6.61. The normalized spacial score (nSPS) is 20.8. The van der Waals surface area contributed by atoms with Gasteiger partial charge < -0.3 is 15.3 Å². The van der Waals surface area contributed by atoms with E-state index in [1.807, 2.05) is 4.90 Å². The number of hydrogen-bond acceptors (Lipinski definition) is 4. The fourth-order valence-corrected chi connectivity index (χ4v) is 3.55. The first-order valence-electron chi connectivity index (χ1n) is 8.22. The summed E-state index contributed by atoms with van der Waals surface area (Å²) in [6.45, 7) is 7.38. The zero-order valence-electron chi connectivity index (χ0n) is 13.9. The van der Waals surface area contributed by atoms with E-state index in [9.17, 15) is 9.59 Å². The number of piperazine rings is 1. The third kappa shape index (κ3) is 3.21. The lowest BCUT2D eigenvalue weighted by molar-refractivity contribution is -0.137. The topological polar surface area (TPSA) is 72.9 Å². The first-order valence-corrected chi connectivity index (χ1v) is 8.59. The van der Waals surface area contributed by atoms with Gasteiger partial charge in [-0.2, -0.15) is 0 Å². The Morgan fingerprint density at radius 2 is 1.92 bits per heavy atom. The van der Waals surface area contributed by atoms with Crippen molar-refractivity contribution in [1.82, 2.24) is 9.80 Å². The number of fused-ring (bicyclic) bond motifs is 1. The van der Waals surface area contributed by atoms with Gasteiger partial charge >= 0.3 is 5.97 Å². The third-order valence-corrected chi connectivity index (χ3v) is 5.12. The van der Waals surface area contributed by atoms with E-state index in [-0.39, 0.29) is 5.91 Å². The molecule has 1 unspecified atom stereocenters. The SMILES string of the molecule is CC(C)N1CCN(C(=O)c2cc3c(cc2Cl)NC(C(=O)O)C3)CC1. The second-order valence-corrected chi connectivity index (χ2v) is 7.06. The van der Waals surface area contributed by atoms with E-state index in [4.69, 9.17) is 16.7 Å². The maximum Gasteiger partial charge on any atom is 0.326 e. The van der Waals surface area contributed by atoms with Crippen LogP contribution in [0.15, 0.2) is 12.1 Å². The van der Waals surface area contributed by atoms with Crippen molar-refractivity contribution < 1.29 is 14.7 Å². The summed E-state index contributed by atoms with van der Waals surface area (Å²) in [5, 5.41) is 12.4. The van der Waals surface area contributed by atoms with Gasteiger partial charge in [-0.3, -0.25) is 9.69 Å². The third-order valence-electron chi connectivity index (χ3n) is 4.81. The van der Waals surface area contributed by atoms with Crippen LogP contribution in [0, 0.1) is 0 Å². The van der Waals surface area contributed by atoms with E-state index in [1.165, 1.54) is 0 Å². The molecule has 1 saturated heterocycles. The van der Waals surface area contributed by atoms with Crippen molar-refractivity contribution in [2.24, 2.45) is 0 Å². The van der Waals surface area contributed by atoms with Gasteiger partial charge in [0.1, 0.15) is 6.04 Å². The molecule has 0 radical (unpaired) electrons. The van der Waals surface area contributed by atoms with Gasteiger partial charge in [-0.15, -0.1) is 0 Å². The Bertz CT molecular complexity index is 669. The molecule has 0 aromatic heterocycles. The number of anilines is 1. The van der Waals surface area contributed by atoms with E-state index in [2.05, 4.69) is 24.1 Å². The van der Waals surface area contributed by atoms with Gasteiger partial charge in [0.25, 0.3) is 5.91 Å². The number of aliphatic carboxylic acids is 1. The minimum absolute atomic E-state index is 0.0787. The number of carboxylic acids is 1. The smallest absolute Gasteiger partial charge is 0.326 e. The van der Waals surface area contributed by atoms with Gasteiger partial charge in [0.2, 0.25) is 0 Å². The molecular formula is C17H22ClN3O3. The molecule has 2 aliphatic heterocycles. The molecule has 3 rings (SSSR count). The molecule has 0 spiro atoms. The van der Waals surface area contributed by atoms with Crippen molar-refractivity contribution in [3.05, 3.63) is 28.3 Å². The standard InChI is InChI=1S/C17H22ClN3O3/c1-10(2)20-3-5-21(6-4-20)16(22)12-7-11-8-15(17(23)24)19-14(11)9-13(12)18/h7,9-10,15,19H,3-6,8H2,1-2H3,(H,23,24). The fraction of sp³-hybridized carbons (Fsp3) is 0.529. The lowest BCUT2D eigenvalue weighted by Crippen LogP contribution is -2.50. The van der Waals surface area contributed by atoms with Crippen molar-refractivity contribution in [3.8, 4) is 0 Å². The molecule has 0 aliphatic carbocycles. The molecule has 24 heavy (non-hydrogen) atoms. The van der Waals surface area contributed by atoms with E-state index in [0.29, 0.717) is 41.8 Å². The number of amides is 1. The van der Waals surface area contributed by atoms with Gasteiger partial charge in [0, 0.05) is 44.3 Å². The first kappa shape index (κ1) is 17.0. The summed E-state index contributed by atoms with van der Waals surface area (Å²) in [5.74, 6) is -0.981. The number of nitrogens with one attached hydrogen (secondary N) is 1. The summed E-state index contributed by atoms with van der Waals surface area (Å²) in [7, 11) is 0. The Hall–Kier alpha value is -1.79. The average molecular weight is 352 g/mol. The van der Waals surface area contributed by atoms with Crippen LogP contribution in [0.5, 0.6) is 0 Å². The number of carbonyl (C=O) groups excluding carboxylic acids is 1. The maximum absolute atomic E-state index is 12.8. The highest BCUT2D eigenvalue weighted by Crippen LogP contribution is 2.32. The number of halogens is 1. The Labute approximate surface area is 146 Å². The summed E-state index contributed by atoms with van der Waals surface area (Å²) < 4.78 is 0. The van der Waals surface area contributed by atoms with Crippen molar-refractivity contribution in [2.75, 3.05) is 31.5 Å². The van der Waals surface area contributed by atoms with Gasteiger partial charge in [-0.1, -0.05) is 11.6 Å². The zero-order chi connectivity index (χ0) is 17.4. The second-order valence-electron chi connectivity index (χ2n) is 6.65. The van der Waals surface area contributed by atoms with Gasteiger partial charge in [0.15, 0.2) is 0 Å². The molecule has 2 N–H and O–H groups in total. The number of carboxylic acid groups (broad SMARTS) is 1. The van der Waals surface area contributed by atoms with Crippen LogP contribution in [0.4, 0.5) is 5.69 Å². The molecule has 0 saturated carbocycles. The highest BCUT2D eigenvalue weighted by atomic mass is 35.5. The summed E-state index contributed by atoms with van der Waals surface area (Å²) in [4.78, 5) is 28.1. The molecule has 1 aromatic carbocycles. The number of rotatable bonds is 3. The minimum atomic E-state index is -0.903. The minimum Gasteiger partial charge on any atom is -0.480 e. The fourth-order valence-electron chi connectivity index (χ4n) is 3.30. The van der Waals surface area contributed by atoms with Crippen LogP contribution in [-0.4, -0.2) is 65.0 Å². The molecule has 2 heterocycles. The van der Waals surface area contributed by atoms with Gasteiger partial charge in [-0.05, 0) is 31.5 Å². The largest absolute Gasteiger partial charge is 0.480 e. The lowest BCUT2D eigenvalue weighted by atomic mass is 10.0. The van der Waals surface area contributed by atoms with E-state index in [1.54, 1.807) is 12.1 Å². The molecule has 1 atom stereocenters. The van der Waals surface area contributed by atoms with Crippen LogP contribution >= 0.6 is 11.6 Å². The predicted molar refractivity (Wildman–Crippen MR) is 92.8 cm³/mol. The Balaban J connectivity index is 1.75.